The summed E-state index contributed by atoms with van der Waals surface area (Å²) in [5.74, 6) is -3.67. The number of amides is 2. The molecule has 3 aromatic rings. The molecule has 4 rings (SSSR count). The molecule has 1 atom stereocenters. The SMILES string of the molecule is CNCC(=O)N=[S@](C)(=O)c1cccc(NC(=O)c2c(N3CCCC(F)(F)CC3)nnc(-c3cnn(C)c3)c2C)c1. The Hall–Kier alpha value is -3.78. The molecule has 0 bridgehead atoms. The lowest BCUT2D eigenvalue weighted by Crippen LogP contribution is -2.30. The molecule has 1 fully saturated rings. The Labute approximate surface area is 231 Å². The first kappa shape index (κ1) is 29.2. The van der Waals surface area contributed by atoms with Crippen molar-refractivity contribution in [1.29, 1.82) is 0 Å². The molecule has 2 amide bonds. The third kappa shape index (κ3) is 6.67. The summed E-state index contributed by atoms with van der Waals surface area (Å²) in [6, 6.07) is 6.28. The molecule has 0 aliphatic carbocycles. The number of nitrogens with zero attached hydrogens (tertiary/aromatic N) is 6. The highest BCUT2D eigenvalue weighted by atomic mass is 32.2. The summed E-state index contributed by atoms with van der Waals surface area (Å²) in [6.45, 7) is 1.98. The molecule has 0 radical (unpaired) electrons. The second-order valence-electron chi connectivity index (χ2n) is 9.77. The van der Waals surface area contributed by atoms with E-state index < -0.39 is 27.5 Å². The van der Waals surface area contributed by atoms with Gasteiger partial charge < -0.3 is 15.5 Å². The number of nitrogens with one attached hydrogen (secondary N) is 2. The van der Waals surface area contributed by atoms with Crippen LogP contribution in [0.25, 0.3) is 11.3 Å². The molecule has 40 heavy (non-hydrogen) atoms. The van der Waals surface area contributed by atoms with Crippen LogP contribution in [0, 0.1) is 6.92 Å². The van der Waals surface area contributed by atoms with Crippen molar-refractivity contribution in [3.8, 4) is 11.3 Å². The van der Waals surface area contributed by atoms with Crippen LogP contribution in [0.2, 0.25) is 0 Å². The lowest BCUT2D eigenvalue weighted by Gasteiger charge is -2.25. The lowest BCUT2D eigenvalue weighted by atomic mass is 10.0. The number of alkyl halides is 2. The van der Waals surface area contributed by atoms with E-state index in [1.807, 2.05) is 0 Å². The highest BCUT2D eigenvalue weighted by Crippen LogP contribution is 2.33. The highest BCUT2D eigenvalue weighted by molar-refractivity contribution is 7.93. The minimum atomic E-state index is -3.07. The molecule has 11 nitrogen and oxygen atoms in total. The molecule has 2 N–H and O–H groups in total. The Bertz CT molecular complexity index is 1550. The Morgan fingerprint density at radius 1 is 1.20 bits per heavy atom. The van der Waals surface area contributed by atoms with Gasteiger partial charge in [0.2, 0.25) is 5.92 Å². The average molecular weight is 575 g/mol. The van der Waals surface area contributed by atoms with Gasteiger partial charge in [0.15, 0.2) is 5.82 Å². The lowest BCUT2D eigenvalue weighted by molar-refractivity contribution is -0.116. The zero-order chi connectivity index (χ0) is 29.1. The van der Waals surface area contributed by atoms with E-state index >= 15 is 0 Å². The molecule has 0 saturated carbocycles. The van der Waals surface area contributed by atoms with E-state index in [2.05, 4.69) is 30.3 Å². The van der Waals surface area contributed by atoms with Crippen molar-refractivity contribution in [1.82, 2.24) is 25.3 Å². The predicted octanol–water partition coefficient (Wildman–Crippen LogP) is 3.27. The van der Waals surface area contributed by atoms with Crippen LogP contribution in [0.15, 0.2) is 45.9 Å². The smallest absolute Gasteiger partial charge is 0.267 e. The van der Waals surface area contributed by atoms with Crippen LogP contribution in [-0.2, 0) is 21.6 Å². The number of benzene rings is 1. The fourth-order valence-electron chi connectivity index (χ4n) is 4.53. The second-order valence-corrected chi connectivity index (χ2v) is 12.0. The van der Waals surface area contributed by atoms with Crippen LogP contribution >= 0.6 is 0 Å². The van der Waals surface area contributed by atoms with Crippen molar-refractivity contribution >= 4 is 33.0 Å². The Balaban J connectivity index is 1.73. The van der Waals surface area contributed by atoms with Gasteiger partial charge in [0, 0.05) is 61.6 Å². The molecule has 1 aliphatic rings. The first-order valence-corrected chi connectivity index (χ1v) is 14.6. The van der Waals surface area contributed by atoms with Crippen molar-refractivity contribution in [3.63, 3.8) is 0 Å². The number of aromatic nitrogens is 4. The number of hydrogen-bond acceptors (Lipinski definition) is 8. The quantitative estimate of drug-likeness (QED) is 0.439. The summed E-state index contributed by atoms with van der Waals surface area (Å²) >= 11 is 0. The third-order valence-electron chi connectivity index (χ3n) is 6.55. The fourth-order valence-corrected chi connectivity index (χ4v) is 5.76. The van der Waals surface area contributed by atoms with Crippen molar-refractivity contribution in [2.45, 2.75) is 37.0 Å². The number of hydrogen-bond donors (Lipinski definition) is 2. The van der Waals surface area contributed by atoms with Crippen LogP contribution in [0.5, 0.6) is 0 Å². The van der Waals surface area contributed by atoms with Gasteiger partial charge >= 0.3 is 0 Å². The van der Waals surface area contributed by atoms with Gasteiger partial charge in [-0.2, -0.15) is 9.46 Å². The summed E-state index contributed by atoms with van der Waals surface area (Å²) in [4.78, 5) is 27.7. The number of carbonyl (C=O) groups excluding carboxylic acids is 2. The summed E-state index contributed by atoms with van der Waals surface area (Å²) in [6.07, 6.45) is 4.34. The molecular formula is C26H32F2N8O3S. The summed E-state index contributed by atoms with van der Waals surface area (Å²) in [5.41, 5.74) is 2.11. The largest absolute Gasteiger partial charge is 0.354 e. The molecule has 0 unspecified atom stereocenters. The van der Waals surface area contributed by atoms with E-state index in [-0.39, 0.29) is 48.6 Å². The van der Waals surface area contributed by atoms with Gasteiger partial charge in [-0.3, -0.25) is 14.3 Å². The molecule has 1 aliphatic heterocycles. The second kappa shape index (κ2) is 11.8. The van der Waals surface area contributed by atoms with Crippen LogP contribution in [0.1, 0.15) is 35.2 Å². The number of aryl methyl sites for hydroxylation is 1. The fraction of sp³-hybridized carbons (Fsp3) is 0.423. The summed E-state index contributed by atoms with van der Waals surface area (Å²) in [7, 11) is 0.268. The van der Waals surface area contributed by atoms with Gasteiger partial charge in [-0.15, -0.1) is 10.2 Å². The molecule has 1 saturated heterocycles. The van der Waals surface area contributed by atoms with Gasteiger partial charge in [-0.1, -0.05) is 6.07 Å². The van der Waals surface area contributed by atoms with Crippen LogP contribution in [0.3, 0.4) is 0 Å². The Kier molecular flexibility index (Phi) is 8.59. The van der Waals surface area contributed by atoms with E-state index in [1.54, 1.807) is 61.2 Å². The van der Waals surface area contributed by atoms with Crippen molar-refractivity contribution < 1.29 is 22.6 Å². The number of likely N-dealkylation sites (N-methyl/N-ethyl adjacent to an activating group) is 1. The standard InChI is InChI=1S/C26H32F2N8O3S/c1-17-22(25(38)31-19-7-5-8-20(13-19)40(4,39)34-21(37)15-29-2)24(36-11-6-9-26(27,28)10-12-36)33-32-23(17)18-14-30-35(3)16-18/h5,7-8,13-14,16,29H,6,9-12,15H2,1-4H3,(H,31,38)/t40-/m1/s1. The molecular weight excluding hydrogens is 542 g/mol. The van der Waals surface area contributed by atoms with E-state index in [4.69, 9.17) is 0 Å². The minimum absolute atomic E-state index is 0.0170. The zero-order valence-corrected chi connectivity index (χ0v) is 23.6. The molecule has 2 aromatic heterocycles. The van der Waals surface area contributed by atoms with Crippen molar-refractivity contribution in [3.05, 3.63) is 47.8 Å². The van der Waals surface area contributed by atoms with Gasteiger partial charge in [0.1, 0.15) is 0 Å². The molecule has 1 aromatic carbocycles. The van der Waals surface area contributed by atoms with Gasteiger partial charge in [0.25, 0.3) is 11.8 Å². The monoisotopic (exact) mass is 574 g/mol. The number of anilines is 2. The van der Waals surface area contributed by atoms with Crippen molar-refractivity contribution in [2.75, 3.05) is 43.2 Å². The maximum absolute atomic E-state index is 14.1. The van der Waals surface area contributed by atoms with Crippen LogP contribution < -0.4 is 15.5 Å². The number of halogens is 2. The number of rotatable bonds is 7. The van der Waals surface area contributed by atoms with Gasteiger partial charge in [-0.25, -0.2) is 13.0 Å². The van der Waals surface area contributed by atoms with Crippen molar-refractivity contribution in [2.24, 2.45) is 11.4 Å². The van der Waals surface area contributed by atoms with E-state index in [0.717, 1.165) is 0 Å². The molecule has 0 spiro atoms. The Morgan fingerprint density at radius 3 is 2.67 bits per heavy atom. The Morgan fingerprint density at radius 2 is 1.98 bits per heavy atom. The minimum Gasteiger partial charge on any atom is -0.354 e. The summed E-state index contributed by atoms with van der Waals surface area (Å²) < 4.78 is 46.8. The summed E-state index contributed by atoms with van der Waals surface area (Å²) in [5, 5.41) is 18.3. The normalized spacial score (nSPS) is 16.6. The topological polar surface area (TPSA) is 134 Å². The van der Waals surface area contributed by atoms with E-state index in [9.17, 15) is 22.6 Å². The molecule has 14 heteroatoms. The van der Waals surface area contributed by atoms with E-state index in [0.29, 0.717) is 29.1 Å². The van der Waals surface area contributed by atoms with E-state index in [1.165, 1.54) is 12.3 Å². The maximum atomic E-state index is 14.1. The maximum Gasteiger partial charge on any atom is 0.267 e. The zero-order valence-electron chi connectivity index (χ0n) is 22.8. The average Bonchev–Trinajstić information content (AvgIpc) is 3.22. The third-order valence-corrected chi connectivity index (χ3v) is 8.24. The number of carbonyl (C=O) groups is 2. The van der Waals surface area contributed by atoms with Crippen LogP contribution in [-0.4, -0.2) is 74.9 Å². The molecule has 214 valence electrons. The predicted molar refractivity (Wildman–Crippen MR) is 148 cm³/mol. The first-order valence-electron chi connectivity index (χ1n) is 12.7. The first-order chi connectivity index (χ1) is 18.9. The van der Waals surface area contributed by atoms with Gasteiger partial charge in [-0.05, 0) is 44.2 Å². The highest BCUT2D eigenvalue weighted by Gasteiger charge is 2.34. The van der Waals surface area contributed by atoms with Gasteiger partial charge in [0.05, 0.1) is 33.7 Å². The van der Waals surface area contributed by atoms with Crippen LogP contribution in [0.4, 0.5) is 20.3 Å². The molecule has 3 heterocycles.